The van der Waals surface area contributed by atoms with Gasteiger partial charge in [0.2, 0.25) is 11.8 Å². The number of hydrogen-bond donors (Lipinski definition) is 1. The number of amides is 2. The quantitative estimate of drug-likeness (QED) is 0.460. The molecule has 0 bridgehead atoms. The van der Waals surface area contributed by atoms with Gasteiger partial charge in [0.05, 0.1) is 0 Å². The summed E-state index contributed by atoms with van der Waals surface area (Å²) in [5, 5.41) is 5.93. The number of carbonyl (C=O) groups is 2. The largest absolute Gasteiger partial charge is 0.354 e. The van der Waals surface area contributed by atoms with Crippen LogP contribution in [-0.4, -0.2) is 29.3 Å². The van der Waals surface area contributed by atoms with Crippen molar-refractivity contribution >= 4 is 34.2 Å². The molecule has 3 aromatic carbocycles. The van der Waals surface area contributed by atoms with Crippen molar-refractivity contribution in [3.05, 3.63) is 82.9 Å². The predicted octanol–water partition coefficient (Wildman–Crippen LogP) is 5.62. The normalized spacial score (nSPS) is 12.0. The Kier molecular flexibility index (Phi) is 8.29. The fourth-order valence-corrected chi connectivity index (χ4v) is 3.84. The fraction of sp³-hybridized carbons (Fsp3) is 0.333. The van der Waals surface area contributed by atoms with Crippen LogP contribution >= 0.6 is 11.6 Å². The van der Waals surface area contributed by atoms with Crippen molar-refractivity contribution in [2.24, 2.45) is 5.92 Å². The summed E-state index contributed by atoms with van der Waals surface area (Å²) >= 11 is 6.02. The highest BCUT2D eigenvalue weighted by atomic mass is 35.5. The summed E-state index contributed by atoms with van der Waals surface area (Å²) in [5.41, 5.74) is 2.08. The van der Waals surface area contributed by atoms with E-state index >= 15 is 0 Å². The van der Waals surface area contributed by atoms with Gasteiger partial charge in [0.25, 0.3) is 0 Å². The standard InChI is InChI=1S/C27H31ClN2O2/c1-19(2)17-29-27(32)20(3)30(18-21-11-14-24(28)15-12-21)26(31)16-13-23-9-6-8-22-7-4-5-10-25(22)23/h4-12,14-15,19-20H,13,16-18H2,1-3H3,(H,29,32). The van der Waals surface area contributed by atoms with E-state index in [1.165, 1.54) is 0 Å². The average molecular weight is 451 g/mol. The van der Waals surface area contributed by atoms with E-state index in [1.807, 2.05) is 44.2 Å². The zero-order valence-corrected chi connectivity index (χ0v) is 19.7. The van der Waals surface area contributed by atoms with Crippen LogP contribution in [0.2, 0.25) is 5.02 Å². The van der Waals surface area contributed by atoms with Gasteiger partial charge in [-0.1, -0.05) is 80.0 Å². The summed E-state index contributed by atoms with van der Waals surface area (Å²) in [6.45, 7) is 6.84. The third-order valence-electron chi connectivity index (χ3n) is 5.61. The van der Waals surface area contributed by atoms with Crippen LogP contribution in [0.15, 0.2) is 66.7 Å². The van der Waals surface area contributed by atoms with Gasteiger partial charge in [-0.3, -0.25) is 9.59 Å². The summed E-state index contributed by atoms with van der Waals surface area (Å²) in [7, 11) is 0. The summed E-state index contributed by atoms with van der Waals surface area (Å²) in [6.07, 6.45) is 0.959. The first kappa shape index (κ1) is 23.8. The molecule has 3 aromatic rings. The molecule has 1 N–H and O–H groups in total. The Bertz CT molecular complexity index is 1060. The molecule has 0 saturated heterocycles. The molecule has 1 atom stereocenters. The molecule has 0 spiro atoms. The van der Waals surface area contributed by atoms with Crippen molar-refractivity contribution in [1.82, 2.24) is 10.2 Å². The molecule has 168 valence electrons. The van der Waals surface area contributed by atoms with E-state index in [0.717, 1.165) is 21.9 Å². The van der Waals surface area contributed by atoms with E-state index in [9.17, 15) is 9.59 Å². The Morgan fingerprint density at radius 3 is 2.34 bits per heavy atom. The monoisotopic (exact) mass is 450 g/mol. The number of hydrogen-bond acceptors (Lipinski definition) is 2. The molecule has 0 heterocycles. The van der Waals surface area contributed by atoms with Crippen molar-refractivity contribution in [1.29, 1.82) is 0 Å². The van der Waals surface area contributed by atoms with Crippen molar-refractivity contribution < 1.29 is 9.59 Å². The van der Waals surface area contributed by atoms with Crippen molar-refractivity contribution in [2.75, 3.05) is 6.54 Å². The van der Waals surface area contributed by atoms with Crippen LogP contribution in [0, 0.1) is 5.92 Å². The molecule has 5 heteroatoms. The smallest absolute Gasteiger partial charge is 0.242 e. The molecule has 0 fully saturated rings. The molecule has 0 radical (unpaired) electrons. The molecular formula is C27H31ClN2O2. The lowest BCUT2D eigenvalue weighted by atomic mass is 10.0. The minimum atomic E-state index is -0.565. The minimum absolute atomic E-state index is 0.0416. The lowest BCUT2D eigenvalue weighted by molar-refractivity contribution is -0.140. The first-order valence-electron chi connectivity index (χ1n) is 11.1. The molecule has 0 aliphatic heterocycles. The van der Waals surface area contributed by atoms with Crippen LogP contribution < -0.4 is 5.32 Å². The summed E-state index contributed by atoms with van der Waals surface area (Å²) in [5.74, 6) is 0.171. The highest BCUT2D eigenvalue weighted by Crippen LogP contribution is 2.21. The number of benzene rings is 3. The van der Waals surface area contributed by atoms with Crippen molar-refractivity contribution in [2.45, 2.75) is 46.2 Å². The van der Waals surface area contributed by atoms with Gasteiger partial charge in [0.15, 0.2) is 0 Å². The number of nitrogens with zero attached hydrogens (tertiary/aromatic N) is 1. The lowest BCUT2D eigenvalue weighted by Crippen LogP contribution is -2.48. The number of rotatable bonds is 9. The molecule has 0 saturated carbocycles. The molecule has 0 aliphatic rings. The van der Waals surface area contributed by atoms with E-state index in [2.05, 4.69) is 29.6 Å². The van der Waals surface area contributed by atoms with Gasteiger partial charge in [-0.15, -0.1) is 0 Å². The highest BCUT2D eigenvalue weighted by Gasteiger charge is 2.26. The molecule has 0 aliphatic carbocycles. The van der Waals surface area contributed by atoms with Gasteiger partial charge < -0.3 is 10.2 Å². The van der Waals surface area contributed by atoms with Crippen molar-refractivity contribution in [3.8, 4) is 0 Å². The number of fused-ring (bicyclic) bond motifs is 1. The Morgan fingerprint density at radius 2 is 1.62 bits per heavy atom. The third-order valence-corrected chi connectivity index (χ3v) is 5.86. The second kappa shape index (κ2) is 11.1. The lowest BCUT2D eigenvalue weighted by Gasteiger charge is -2.29. The minimum Gasteiger partial charge on any atom is -0.354 e. The maximum atomic E-state index is 13.3. The first-order valence-corrected chi connectivity index (χ1v) is 11.5. The number of aryl methyl sites for hydroxylation is 1. The van der Waals surface area contributed by atoms with E-state index < -0.39 is 6.04 Å². The maximum absolute atomic E-state index is 13.3. The molecule has 2 amide bonds. The van der Waals surface area contributed by atoms with E-state index in [4.69, 9.17) is 11.6 Å². The van der Waals surface area contributed by atoms with Crippen LogP contribution in [0.4, 0.5) is 0 Å². The Balaban J connectivity index is 1.76. The van der Waals surface area contributed by atoms with E-state index in [1.54, 1.807) is 24.0 Å². The zero-order chi connectivity index (χ0) is 23.1. The molecule has 1 unspecified atom stereocenters. The van der Waals surface area contributed by atoms with Crippen LogP contribution in [0.3, 0.4) is 0 Å². The Hall–Kier alpha value is -2.85. The SMILES string of the molecule is CC(C)CNC(=O)C(C)N(Cc1ccc(Cl)cc1)C(=O)CCc1cccc2ccccc12. The Morgan fingerprint density at radius 1 is 0.938 bits per heavy atom. The number of halogens is 1. The molecule has 32 heavy (non-hydrogen) atoms. The van der Waals surface area contributed by atoms with Gasteiger partial charge in [-0.25, -0.2) is 0 Å². The summed E-state index contributed by atoms with van der Waals surface area (Å²) < 4.78 is 0. The van der Waals surface area contributed by atoms with Crippen LogP contribution in [0.5, 0.6) is 0 Å². The zero-order valence-electron chi connectivity index (χ0n) is 19.0. The Labute approximate surface area is 195 Å². The van der Waals surface area contributed by atoms with Gasteiger partial charge in [-0.2, -0.15) is 0 Å². The predicted molar refractivity (Wildman–Crippen MR) is 132 cm³/mol. The van der Waals surface area contributed by atoms with E-state index in [0.29, 0.717) is 36.9 Å². The van der Waals surface area contributed by atoms with E-state index in [-0.39, 0.29) is 11.8 Å². The second-order valence-electron chi connectivity index (χ2n) is 8.60. The molecule has 4 nitrogen and oxygen atoms in total. The second-order valence-corrected chi connectivity index (χ2v) is 9.04. The van der Waals surface area contributed by atoms with Crippen molar-refractivity contribution in [3.63, 3.8) is 0 Å². The third kappa shape index (κ3) is 6.33. The maximum Gasteiger partial charge on any atom is 0.242 e. The average Bonchev–Trinajstić information content (AvgIpc) is 2.80. The summed E-state index contributed by atoms with van der Waals surface area (Å²) in [6, 6.07) is 21.2. The van der Waals surface area contributed by atoms with Crippen LogP contribution in [0.25, 0.3) is 10.8 Å². The topological polar surface area (TPSA) is 49.4 Å². The number of carbonyl (C=O) groups excluding carboxylic acids is 2. The fourth-order valence-electron chi connectivity index (χ4n) is 3.72. The molecule has 0 aromatic heterocycles. The highest BCUT2D eigenvalue weighted by molar-refractivity contribution is 6.30. The molecule has 3 rings (SSSR count). The van der Waals surface area contributed by atoms with Gasteiger partial charge in [-0.05, 0) is 53.3 Å². The van der Waals surface area contributed by atoms with Gasteiger partial charge >= 0.3 is 0 Å². The van der Waals surface area contributed by atoms with Gasteiger partial charge in [0.1, 0.15) is 6.04 Å². The first-order chi connectivity index (χ1) is 15.3. The molecular weight excluding hydrogens is 420 g/mol. The van der Waals surface area contributed by atoms with Crippen LogP contribution in [0.1, 0.15) is 38.3 Å². The number of nitrogens with one attached hydrogen (secondary N) is 1. The summed E-state index contributed by atoms with van der Waals surface area (Å²) in [4.78, 5) is 27.8. The van der Waals surface area contributed by atoms with Crippen LogP contribution in [-0.2, 0) is 22.6 Å². The van der Waals surface area contributed by atoms with Gasteiger partial charge in [0, 0.05) is 24.5 Å².